The van der Waals surface area contributed by atoms with Crippen LogP contribution >= 0.6 is 11.6 Å². The number of alkyl halides is 3. The summed E-state index contributed by atoms with van der Waals surface area (Å²) in [5, 5.41) is 10.3. The fourth-order valence-corrected chi connectivity index (χ4v) is 3.55. The number of anilines is 1. The van der Waals surface area contributed by atoms with Crippen molar-refractivity contribution in [1.29, 1.82) is 0 Å². The summed E-state index contributed by atoms with van der Waals surface area (Å²) in [5.41, 5.74) is 5.01. The van der Waals surface area contributed by atoms with E-state index in [1.165, 1.54) is 5.56 Å². The molecule has 0 fully saturated rings. The summed E-state index contributed by atoms with van der Waals surface area (Å²) in [5.74, 6) is 0.961. The third-order valence-electron chi connectivity index (χ3n) is 5.14. The largest absolute Gasteiger partial charge is 0.483 e. The van der Waals surface area contributed by atoms with Gasteiger partial charge in [0.05, 0.1) is 30.2 Å². The maximum atomic E-state index is 12.7. The van der Waals surface area contributed by atoms with E-state index in [4.69, 9.17) is 26.2 Å². The van der Waals surface area contributed by atoms with E-state index < -0.39 is 12.6 Å². The number of halogens is 4. The summed E-state index contributed by atoms with van der Waals surface area (Å²) in [4.78, 5) is 12.8. The molecule has 0 spiro atoms. The van der Waals surface area contributed by atoms with E-state index in [2.05, 4.69) is 16.4 Å². The first-order valence-corrected chi connectivity index (χ1v) is 10.9. The zero-order chi connectivity index (χ0) is 25.6. The SMILES string of the molecule is Cc1ccc(-c2cnc3c(NCCC(F)(F)F)cc(Oc4cccc(Cl)c4)cn23)cc1C.O=CO. The van der Waals surface area contributed by atoms with Crippen molar-refractivity contribution >= 4 is 29.4 Å². The third-order valence-corrected chi connectivity index (χ3v) is 5.37. The Morgan fingerprint density at radius 1 is 1.11 bits per heavy atom. The van der Waals surface area contributed by atoms with Crippen molar-refractivity contribution < 1.29 is 27.8 Å². The molecule has 2 aromatic carbocycles. The number of hydrogen-bond acceptors (Lipinski definition) is 4. The lowest BCUT2D eigenvalue weighted by atomic mass is 10.0. The predicted molar refractivity (Wildman–Crippen MR) is 129 cm³/mol. The van der Waals surface area contributed by atoms with Gasteiger partial charge in [-0.2, -0.15) is 13.2 Å². The molecule has 6 nitrogen and oxygen atoms in total. The summed E-state index contributed by atoms with van der Waals surface area (Å²) in [6.07, 6.45) is -1.73. The maximum Gasteiger partial charge on any atom is 0.390 e. The minimum atomic E-state index is -4.25. The minimum Gasteiger partial charge on any atom is -0.483 e. The van der Waals surface area contributed by atoms with Gasteiger partial charge in [-0.15, -0.1) is 0 Å². The molecule has 0 radical (unpaired) electrons. The molecule has 0 aliphatic carbocycles. The van der Waals surface area contributed by atoms with Gasteiger partial charge in [0, 0.05) is 23.2 Å². The van der Waals surface area contributed by atoms with E-state index in [-0.39, 0.29) is 13.0 Å². The Labute approximate surface area is 204 Å². The van der Waals surface area contributed by atoms with Crippen LogP contribution < -0.4 is 10.1 Å². The molecule has 2 aromatic heterocycles. The highest BCUT2D eigenvalue weighted by molar-refractivity contribution is 6.30. The Bertz CT molecular complexity index is 1320. The highest BCUT2D eigenvalue weighted by Gasteiger charge is 2.26. The number of rotatable bonds is 6. The number of aromatic nitrogens is 2. The molecule has 0 atom stereocenters. The lowest BCUT2D eigenvalue weighted by Gasteiger charge is -2.14. The van der Waals surface area contributed by atoms with Crippen LogP contribution in [0.2, 0.25) is 5.02 Å². The Kier molecular flexibility index (Phi) is 8.24. The number of imidazole rings is 1. The van der Waals surface area contributed by atoms with Crippen LogP contribution in [0.4, 0.5) is 18.9 Å². The van der Waals surface area contributed by atoms with Gasteiger partial charge in [-0.3, -0.25) is 9.20 Å². The Morgan fingerprint density at radius 2 is 1.86 bits per heavy atom. The second-order valence-corrected chi connectivity index (χ2v) is 8.12. The zero-order valence-electron chi connectivity index (χ0n) is 18.9. The summed E-state index contributed by atoms with van der Waals surface area (Å²) in [6.45, 7) is 3.54. The second-order valence-electron chi connectivity index (χ2n) is 7.68. The van der Waals surface area contributed by atoms with Crippen LogP contribution in [0.15, 0.2) is 60.9 Å². The Balaban J connectivity index is 0.00000108. The van der Waals surface area contributed by atoms with Crippen LogP contribution in [0.1, 0.15) is 17.5 Å². The number of pyridine rings is 1. The van der Waals surface area contributed by atoms with E-state index in [0.717, 1.165) is 16.8 Å². The van der Waals surface area contributed by atoms with Gasteiger partial charge < -0.3 is 15.2 Å². The number of fused-ring (bicyclic) bond motifs is 1. The summed E-state index contributed by atoms with van der Waals surface area (Å²) >= 11 is 6.05. The fourth-order valence-electron chi connectivity index (χ4n) is 3.37. The number of nitrogens with one attached hydrogen (secondary N) is 1. The van der Waals surface area contributed by atoms with E-state index >= 15 is 0 Å². The Hall–Kier alpha value is -3.72. The molecule has 0 unspecified atom stereocenters. The molecule has 4 aromatic rings. The molecule has 184 valence electrons. The first-order chi connectivity index (χ1) is 16.6. The number of benzene rings is 2. The number of aryl methyl sites for hydroxylation is 2. The van der Waals surface area contributed by atoms with E-state index in [0.29, 0.717) is 27.9 Å². The molecular weight excluding hydrogens is 483 g/mol. The van der Waals surface area contributed by atoms with Crippen LogP contribution in [0.25, 0.3) is 16.9 Å². The number of ether oxygens (including phenoxy) is 1. The van der Waals surface area contributed by atoms with E-state index in [9.17, 15) is 13.2 Å². The van der Waals surface area contributed by atoms with Crippen molar-refractivity contribution in [3.05, 3.63) is 77.1 Å². The number of nitrogens with zero attached hydrogens (tertiary/aromatic N) is 2. The second kappa shape index (κ2) is 11.1. The van der Waals surface area contributed by atoms with Crippen molar-refractivity contribution in [3.8, 4) is 22.8 Å². The summed E-state index contributed by atoms with van der Waals surface area (Å²) in [7, 11) is 0. The van der Waals surface area contributed by atoms with Crippen molar-refractivity contribution in [2.24, 2.45) is 0 Å². The quantitative estimate of drug-likeness (QED) is 0.273. The van der Waals surface area contributed by atoms with Gasteiger partial charge in [-0.05, 0) is 49.2 Å². The lowest BCUT2D eigenvalue weighted by molar-refractivity contribution is -0.131. The van der Waals surface area contributed by atoms with Gasteiger partial charge in [0.2, 0.25) is 0 Å². The highest BCUT2D eigenvalue weighted by Crippen LogP contribution is 2.32. The van der Waals surface area contributed by atoms with Gasteiger partial charge in [-0.1, -0.05) is 29.8 Å². The Morgan fingerprint density at radius 3 is 2.51 bits per heavy atom. The summed E-state index contributed by atoms with van der Waals surface area (Å²) < 4.78 is 45.8. The molecule has 0 saturated carbocycles. The smallest absolute Gasteiger partial charge is 0.390 e. The first-order valence-electron chi connectivity index (χ1n) is 10.5. The number of hydrogen-bond donors (Lipinski definition) is 2. The summed E-state index contributed by atoms with van der Waals surface area (Å²) in [6, 6.07) is 14.6. The van der Waals surface area contributed by atoms with Crippen molar-refractivity contribution in [2.75, 3.05) is 11.9 Å². The molecule has 4 rings (SSSR count). The molecule has 0 amide bonds. The molecule has 0 aliphatic heterocycles. The molecule has 2 N–H and O–H groups in total. The van der Waals surface area contributed by atoms with Crippen molar-refractivity contribution in [3.63, 3.8) is 0 Å². The zero-order valence-corrected chi connectivity index (χ0v) is 19.7. The van der Waals surface area contributed by atoms with Crippen LogP contribution in [-0.4, -0.2) is 33.7 Å². The first kappa shape index (κ1) is 25.9. The van der Waals surface area contributed by atoms with Gasteiger partial charge in [0.25, 0.3) is 6.47 Å². The molecule has 0 bridgehead atoms. The lowest BCUT2D eigenvalue weighted by Crippen LogP contribution is -2.15. The van der Waals surface area contributed by atoms with Gasteiger partial charge in [0.1, 0.15) is 11.5 Å². The molecular formula is C25H23ClF3N3O3. The highest BCUT2D eigenvalue weighted by atomic mass is 35.5. The predicted octanol–water partition coefficient (Wildman–Crippen LogP) is 7.13. The normalized spacial score (nSPS) is 11.0. The minimum absolute atomic E-state index is 0.250. The van der Waals surface area contributed by atoms with Crippen LogP contribution in [0.3, 0.4) is 0 Å². The molecule has 35 heavy (non-hydrogen) atoms. The third kappa shape index (κ3) is 6.89. The number of carboxylic acid groups (broad SMARTS) is 1. The topological polar surface area (TPSA) is 75.9 Å². The van der Waals surface area contributed by atoms with E-state index in [1.54, 1.807) is 42.7 Å². The molecule has 0 aliphatic rings. The van der Waals surface area contributed by atoms with Crippen LogP contribution in [-0.2, 0) is 4.79 Å². The number of carbonyl (C=O) groups is 1. The molecule has 10 heteroatoms. The average molecular weight is 506 g/mol. The van der Waals surface area contributed by atoms with Gasteiger partial charge in [0.15, 0.2) is 5.65 Å². The van der Waals surface area contributed by atoms with Crippen LogP contribution in [0, 0.1) is 13.8 Å². The monoisotopic (exact) mass is 505 g/mol. The average Bonchev–Trinajstić information content (AvgIpc) is 3.19. The molecule has 0 saturated heterocycles. The van der Waals surface area contributed by atoms with Crippen LogP contribution in [0.5, 0.6) is 11.5 Å². The van der Waals surface area contributed by atoms with Crippen molar-refractivity contribution in [2.45, 2.75) is 26.4 Å². The maximum absolute atomic E-state index is 12.7. The van der Waals surface area contributed by atoms with E-state index in [1.807, 2.05) is 30.4 Å². The van der Waals surface area contributed by atoms with Crippen molar-refractivity contribution in [1.82, 2.24) is 9.38 Å². The van der Waals surface area contributed by atoms with Gasteiger partial charge in [-0.25, -0.2) is 4.98 Å². The fraction of sp³-hybridized carbons (Fsp3) is 0.200. The standard InChI is InChI=1S/C24H21ClF3N3O.CH2O2/c1-15-6-7-17(10-16(15)2)22-13-30-23-21(29-9-8-24(26,27)28)12-20(14-31(22)23)32-19-5-3-4-18(25)11-19;2-1-3/h3-7,10-14,29H,8-9H2,1-2H3;1H,(H,2,3). The molecule has 2 heterocycles. The van der Waals surface area contributed by atoms with Gasteiger partial charge >= 0.3 is 6.18 Å².